The van der Waals surface area contributed by atoms with Crippen LogP contribution in [0.25, 0.3) is 0 Å². The van der Waals surface area contributed by atoms with E-state index in [2.05, 4.69) is 51.9 Å². The van der Waals surface area contributed by atoms with Crippen LogP contribution in [0.2, 0.25) is 0 Å². The number of nitrogens with one attached hydrogen (secondary N) is 1. The molecule has 0 bridgehead atoms. The topological polar surface area (TPSA) is 28.2 Å². The molecule has 1 aliphatic carbocycles. The largest absolute Gasteiger partial charge is 0.310 e. The molecule has 1 aromatic carbocycles. The molecule has 1 fully saturated rings. The lowest BCUT2D eigenvalue weighted by molar-refractivity contribution is 0.315. The summed E-state index contributed by atoms with van der Waals surface area (Å²) < 4.78 is 0. The van der Waals surface area contributed by atoms with Gasteiger partial charge in [-0.25, -0.2) is 4.98 Å². The summed E-state index contributed by atoms with van der Waals surface area (Å²) in [7, 11) is 2.15. The monoisotopic (exact) mass is 287 g/mol. The van der Waals surface area contributed by atoms with Crippen LogP contribution in [-0.4, -0.2) is 23.0 Å². The summed E-state index contributed by atoms with van der Waals surface area (Å²) in [6.45, 7) is 2.87. The van der Waals surface area contributed by atoms with Gasteiger partial charge < -0.3 is 5.32 Å². The average Bonchev–Trinajstić information content (AvgIpc) is 3.14. The van der Waals surface area contributed by atoms with Gasteiger partial charge in [0.2, 0.25) is 0 Å². The van der Waals surface area contributed by atoms with E-state index in [-0.39, 0.29) is 0 Å². The fourth-order valence-electron chi connectivity index (χ4n) is 2.35. The van der Waals surface area contributed by atoms with Gasteiger partial charge in [0.05, 0.1) is 11.2 Å². The Labute approximate surface area is 124 Å². The number of hydrogen-bond donors (Lipinski definition) is 1. The van der Waals surface area contributed by atoms with Gasteiger partial charge in [0.1, 0.15) is 0 Å². The van der Waals surface area contributed by atoms with Crippen molar-refractivity contribution < 1.29 is 0 Å². The van der Waals surface area contributed by atoms with E-state index in [1.54, 1.807) is 11.3 Å². The Morgan fingerprint density at radius 3 is 2.90 bits per heavy atom. The fraction of sp³-hybridized carbons (Fsp3) is 0.438. The van der Waals surface area contributed by atoms with Crippen molar-refractivity contribution in [2.24, 2.45) is 0 Å². The molecule has 0 saturated heterocycles. The molecule has 0 unspecified atom stereocenters. The molecule has 0 spiro atoms. The molecule has 4 heteroatoms. The van der Waals surface area contributed by atoms with Crippen molar-refractivity contribution in [3.8, 4) is 0 Å². The van der Waals surface area contributed by atoms with Crippen LogP contribution >= 0.6 is 11.3 Å². The smallest absolute Gasteiger partial charge is 0.0795 e. The molecule has 1 aromatic heterocycles. The third-order valence-electron chi connectivity index (χ3n) is 3.53. The van der Waals surface area contributed by atoms with Crippen LogP contribution in [0.5, 0.6) is 0 Å². The molecule has 0 amide bonds. The first-order chi connectivity index (χ1) is 9.79. The third kappa shape index (κ3) is 4.13. The van der Waals surface area contributed by atoms with Gasteiger partial charge in [-0.2, -0.15) is 0 Å². The van der Waals surface area contributed by atoms with Crippen LogP contribution in [-0.2, 0) is 19.6 Å². The molecule has 0 radical (unpaired) electrons. The molecule has 3 rings (SSSR count). The summed E-state index contributed by atoms with van der Waals surface area (Å²) in [5, 5.41) is 5.69. The summed E-state index contributed by atoms with van der Waals surface area (Å²) in [6.07, 6.45) is 2.69. The minimum atomic E-state index is 0.769. The molecule has 0 atom stereocenters. The second-order valence-corrected chi connectivity index (χ2v) is 6.35. The van der Waals surface area contributed by atoms with Gasteiger partial charge in [-0.1, -0.05) is 24.3 Å². The van der Waals surface area contributed by atoms with Crippen molar-refractivity contribution in [3.63, 3.8) is 0 Å². The zero-order valence-electron chi connectivity index (χ0n) is 11.9. The molecular formula is C16H21N3S. The minimum absolute atomic E-state index is 0.769. The lowest BCUT2D eigenvalue weighted by Crippen LogP contribution is -2.18. The highest BCUT2D eigenvalue weighted by Crippen LogP contribution is 2.19. The minimum Gasteiger partial charge on any atom is -0.310 e. The van der Waals surface area contributed by atoms with E-state index >= 15 is 0 Å². The summed E-state index contributed by atoms with van der Waals surface area (Å²) in [5.41, 5.74) is 5.81. The van der Waals surface area contributed by atoms with E-state index in [1.165, 1.54) is 24.0 Å². The van der Waals surface area contributed by atoms with Crippen LogP contribution < -0.4 is 5.32 Å². The van der Waals surface area contributed by atoms with Gasteiger partial charge in [0.25, 0.3) is 0 Å². The zero-order valence-corrected chi connectivity index (χ0v) is 12.7. The van der Waals surface area contributed by atoms with Crippen LogP contribution in [0.15, 0.2) is 35.2 Å². The van der Waals surface area contributed by atoms with E-state index in [9.17, 15) is 0 Å². The Morgan fingerprint density at radius 2 is 2.15 bits per heavy atom. The van der Waals surface area contributed by atoms with E-state index in [0.29, 0.717) is 0 Å². The van der Waals surface area contributed by atoms with E-state index in [4.69, 9.17) is 0 Å². The number of hydrogen-bond acceptors (Lipinski definition) is 4. The second-order valence-electron chi connectivity index (χ2n) is 5.63. The maximum atomic E-state index is 4.34. The highest BCUT2D eigenvalue weighted by molar-refractivity contribution is 7.07. The molecular weight excluding hydrogens is 266 g/mol. The quantitative estimate of drug-likeness (QED) is 0.848. The van der Waals surface area contributed by atoms with Gasteiger partial charge >= 0.3 is 0 Å². The Morgan fingerprint density at radius 1 is 1.30 bits per heavy atom. The van der Waals surface area contributed by atoms with E-state index < -0.39 is 0 Å². The lowest BCUT2D eigenvalue weighted by atomic mass is 10.1. The lowest BCUT2D eigenvalue weighted by Gasteiger charge is -2.16. The van der Waals surface area contributed by atoms with Gasteiger partial charge in [-0.05, 0) is 31.0 Å². The van der Waals surface area contributed by atoms with Gasteiger partial charge in [0.15, 0.2) is 0 Å². The Hall–Kier alpha value is -1.23. The first kappa shape index (κ1) is 13.7. The average molecular weight is 287 g/mol. The standard InChI is InChI=1S/C16H21N3S/c1-19(10-16-11-20-12-18-16)9-14-4-2-3-13(7-14)8-17-15-5-6-15/h2-4,7,11-12,15,17H,5-6,8-10H2,1H3. The van der Waals surface area contributed by atoms with Crippen LogP contribution in [0.3, 0.4) is 0 Å². The highest BCUT2D eigenvalue weighted by atomic mass is 32.1. The van der Waals surface area contributed by atoms with Crippen molar-refractivity contribution in [2.45, 2.75) is 38.5 Å². The predicted octanol–water partition coefficient (Wildman–Crippen LogP) is 3.03. The SMILES string of the molecule is CN(Cc1cccc(CNC2CC2)c1)Cc1cscn1. The molecule has 106 valence electrons. The third-order valence-corrected chi connectivity index (χ3v) is 4.17. The first-order valence-corrected chi connectivity index (χ1v) is 8.11. The Kier molecular flexibility index (Phi) is 4.45. The molecule has 0 aliphatic heterocycles. The van der Waals surface area contributed by atoms with E-state index in [0.717, 1.165) is 31.4 Å². The summed E-state index contributed by atoms with van der Waals surface area (Å²) in [5.74, 6) is 0. The molecule has 1 heterocycles. The van der Waals surface area contributed by atoms with Crippen molar-refractivity contribution in [1.82, 2.24) is 15.2 Å². The molecule has 2 aromatic rings. The highest BCUT2D eigenvalue weighted by Gasteiger charge is 2.19. The van der Waals surface area contributed by atoms with Crippen LogP contribution in [0.1, 0.15) is 29.7 Å². The number of thiazole rings is 1. The van der Waals surface area contributed by atoms with Crippen molar-refractivity contribution in [3.05, 3.63) is 52.0 Å². The van der Waals surface area contributed by atoms with Crippen molar-refractivity contribution >= 4 is 11.3 Å². The predicted molar refractivity (Wildman–Crippen MR) is 83.6 cm³/mol. The second kappa shape index (κ2) is 6.48. The van der Waals surface area contributed by atoms with E-state index in [1.807, 2.05) is 5.51 Å². The molecule has 20 heavy (non-hydrogen) atoms. The zero-order chi connectivity index (χ0) is 13.8. The summed E-state index contributed by atoms with van der Waals surface area (Å²) >= 11 is 1.66. The number of benzene rings is 1. The number of aromatic nitrogens is 1. The van der Waals surface area contributed by atoms with Gasteiger partial charge in [-0.3, -0.25) is 4.90 Å². The normalized spacial score (nSPS) is 14.9. The summed E-state index contributed by atoms with van der Waals surface area (Å²) in [6, 6.07) is 9.66. The summed E-state index contributed by atoms with van der Waals surface area (Å²) in [4.78, 5) is 6.65. The van der Waals surface area contributed by atoms with Gasteiger partial charge in [-0.15, -0.1) is 11.3 Å². The maximum absolute atomic E-state index is 4.34. The molecule has 1 saturated carbocycles. The van der Waals surface area contributed by atoms with Crippen molar-refractivity contribution in [1.29, 1.82) is 0 Å². The number of rotatable bonds is 7. The molecule has 1 N–H and O–H groups in total. The van der Waals surface area contributed by atoms with Gasteiger partial charge in [0, 0.05) is 31.1 Å². The Bertz CT molecular complexity index is 534. The fourth-order valence-corrected chi connectivity index (χ4v) is 2.90. The van der Waals surface area contributed by atoms with Crippen LogP contribution in [0.4, 0.5) is 0 Å². The van der Waals surface area contributed by atoms with Crippen LogP contribution in [0, 0.1) is 0 Å². The molecule has 3 nitrogen and oxygen atoms in total. The number of nitrogens with zero attached hydrogens (tertiary/aromatic N) is 2. The maximum Gasteiger partial charge on any atom is 0.0795 e. The Balaban J connectivity index is 1.54. The first-order valence-electron chi connectivity index (χ1n) is 7.16. The van der Waals surface area contributed by atoms with Crippen molar-refractivity contribution in [2.75, 3.05) is 7.05 Å². The molecule has 1 aliphatic rings.